The van der Waals surface area contributed by atoms with E-state index in [1.807, 2.05) is 30.3 Å². The summed E-state index contributed by atoms with van der Waals surface area (Å²) in [5.41, 5.74) is 0.866. The van der Waals surface area contributed by atoms with Crippen LogP contribution in [0.2, 0.25) is 0 Å². The third-order valence-electron chi connectivity index (χ3n) is 3.96. The Hall–Kier alpha value is -1.35. The molecule has 0 radical (unpaired) electrons. The minimum Gasteiger partial charge on any atom is -0.460 e. The van der Waals surface area contributed by atoms with Gasteiger partial charge in [0.15, 0.2) is 0 Å². The lowest BCUT2D eigenvalue weighted by molar-refractivity contribution is -0.152. The quantitative estimate of drug-likeness (QED) is 0.805. The summed E-state index contributed by atoms with van der Waals surface area (Å²) in [7, 11) is 0. The van der Waals surface area contributed by atoms with Crippen LogP contribution in [0.5, 0.6) is 0 Å². The summed E-state index contributed by atoms with van der Waals surface area (Å²) in [5, 5.41) is 3.30. The van der Waals surface area contributed by atoms with Gasteiger partial charge in [0.2, 0.25) is 0 Å². The van der Waals surface area contributed by atoms with Gasteiger partial charge < -0.3 is 10.1 Å². The zero-order chi connectivity index (χ0) is 11.7. The molecule has 1 N–H and O–H groups in total. The van der Waals surface area contributed by atoms with Crippen LogP contribution in [-0.4, -0.2) is 19.1 Å². The van der Waals surface area contributed by atoms with Crippen molar-refractivity contribution in [2.45, 2.75) is 19.4 Å². The Morgan fingerprint density at radius 3 is 3.00 bits per heavy atom. The molecular formula is C14H17NO2. The summed E-state index contributed by atoms with van der Waals surface area (Å²) >= 11 is 0. The first-order chi connectivity index (χ1) is 8.31. The number of hydrogen-bond donors (Lipinski definition) is 1. The molecule has 1 saturated carbocycles. The van der Waals surface area contributed by atoms with Crippen LogP contribution in [0.4, 0.5) is 0 Å². The third kappa shape index (κ3) is 1.95. The maximum Gasteiger partial charge on any atom is 0.314 e. The van der Waals surface area contributed by atoms with E-state index in [9.17, 15) is 4.79 Å². The van der Waals surface area contributed by atoms with E-state index < -0.39 is 0 Å². The molecule has 3 rings (SSSR count). The van der Waals surface area contributed by atoms with E-state index in [-0.39, 0.29) is 11.4 Å². The van der Waals surface area contributed by atoms with Gasteiger partial charge in [-0.25, -0.2) is 0 Å². The molecule has 0 amide bonds. The van der Waals surface area contributed by atoms with E-state index in [0.29, 0.717) is 12.5 Å². The van der Waals surface area contributed by atoms with Crippen molar-refractivity contribution in [2.75, 3.05) is 13.1 Å². The average molecular weight is 231 g/mol. The second-order valence-electron chi connectivity index (χ2n) is 5.08. The fourth-order valence-electron chi connectivity index (χ4n) is 2.75. The average Bonchev–Trinajstić information content (AvgIpc) is 3.13. The second kappa shape index (κ2) is 4.15. The van der Waals surface area contributed by atoms with E-state index >= 15 is 0 Å². The minimum absolute atomic E-state index is 0.0152. The Morgan fingerprint density at radius 1 is 1.41 bits per heavy atom. The fourth-order valence-corrected chi connectivity index (χ4v) is 2.75. The summed E-state index contributed by atoms with van der Waals surface area (Å²) < 4.78 is 5.43. The molecule has 17 heavy (non-hydrogen) atoms. The number of benzene rings is 1. The van der Waals surface area contributed by atoms with Gasteiger partial charge in [-0.3, -0.25) is 4.79 Å². The van der Waals surface area contributed by atoms with Gasteiger partial charge in [-0.1, -0.05) is 30.3 Å². The zero-order valence-corrected chi connectivity index (χ0v) is 9.82. The minimum atomic E-state index is -0.187. The number of ether oxygens (including phenoxy) is 1. The summed E-state index contributed by atoms with van der Waals surface area (Å²) in [5.74, 6) is 0.547. The van der Waals surface area contributed by atoms with Crippen LogP contribution in [0, 0.1) is 11.3 Å². The summed E-state index contributed by atoms with van der Waals surface area (Å²) in [6.07, 6.45) is 2.12. The third-order valence-corrected chi connectivity index (χ3v) is 3.96. The molecule has 0 bridgehead atoms. The van der Waals surface area contributed by atoms with E-state index in [0.717, 1.165) is 31.5 Å². The highest BCUT2D eigenvalue weighted by Gasteiger charge is 2.61. The lowest BCUT2D eigenvalue weighted by Gasteiger charge is -2.21. The molecule has 0 spiro atoms. The largest absolute Gasteiger partial charge is 0.460 e. The van der Waals surface area contributed by atoms with Crippen LogP contribution >= 0.6 is 0 Å². The van der Waals surface area contributed by atoms with E-state index in [2.05, 4.69) is 5.32 Å². The highest BCUT2D eigenvalue weighted by molar-refractivity contribution is 5.81. The maximum absolute atomic E-state index is 12.1. The number of carbonyl (C=O) groups is 1. The Morgan fingerprint density at radius 2 is 2.24 bits per heavy atom. The monoisotopic (exact) mass is 231 g/mol. The molecule has 2 aliphatic rings. The SMILES string of the molecule is O=C(OCc1ccccc1)[C@@]12CNCC[C@@H]1C2. The summed E-state index contributed by atoms with van der Waals surface area (Å²) in [6.45, 7) is 2.23. The molecule has 90 valence electrons. The molecule has 1 aliphatic carbocycles. The number of hydrogen-bond acceptors (Lipinski definition) is 3. The smallest absolute Gasteiger partial charge is 0.314 e. The van der Waals surface area contributed by atoms with Crippen molar-refractivity contribution in [2.24, 2.45) is 11.3 Å². The maximum atomic E-state index is 12.1. The molecule has 0 unspecified atom stereocenters. The van der Waals surface area contributed by atoms with Gasteiger partial charge in [-0.2, -0.15) is 0 Å². The van der Waals surface area contributed by atoms with Crippen molar-refractivity contribution >= 4 is 5.97 Å². The first kappa shape index (κ1) is 10.8. The molecule has 1 aliphatic heterocycles. The van der Waals surface area contributed by atoms with Gasteiger partial charge in [0.25, 0.3) is 0 Å². The molecule has 3 nitrogen and oxygen atoms in total. The van der Waals surface area contributed by atoms with Crippen molar-refractivity contribution < 1.29 is 9.53 Å². The van der Waals surface area contributed by atoms with Crippen LogP contribution < -0.4 is 5.32 Å². The lowest BCUT2D eigenvalue weighted by Crippen LogP contribution is -2.37. The van der Waals surface area contributed by atoms with Gasteiger partial charge in [0.1, 0.15) is 6.61 Å². The molecule has 2 atom stereocenters. The Labute approximate surface area is 101 Å². The predicted molar refractivity (Wildman–Crippen MR) is 64.3 cm³/mol. The van der Waals surface area contributed by atoms with E-state index in [1.54, 1.807) is 0 Å². The Kier molecular flexibility index (Phi) is 2.63. The molecule has 0 aromatic heterocycles. The molecule has 1 aromatic rings. The lowest BCUT2D eigenvalue weighted by atomic mass is 9.99. The topological polar surface area (TPSA) is 38.3 Å². The first-order valence-electron chi connectivity index (χ1n) is 6.23. The van der Waals surface area contributed by atoms with Crippen LogP contribution in [0.15, 0.2) is 30.3 Å². The van der Waals surface area contributed by atoms with Crippen molar-refractivity contribution in [3.63, 3.8) is 0 Å². The van der Waals surface area contributed by atoms with E-state index in [4.69, 9.17) is 4.74 Å². The van der Waals surface area contributed by atoms with Crippen molar-refractivity contribution in [1.29, 1.82) is 0 Å². The van der Waals surface area contributed by atoms with Gasteiger partial charge in [0, 0.05) is 6.54 Å². The number of rotatable bonds is 3. The molecular weight excluding hydrogens is 214 g/mol. The van der Waals surface area contributed by atoms with Gasteiger partial charge in [0.05, 0.1) is 5.41 Å². The number of fused-ring (bicyclic) bond motifs is 1. The van der Waals surface area contributed by atoms with Crippen molar-refractivity contribution in [3.8, 4) is 0 Å². The van der Waals surface area contributed by atoms with Crippen LogP contribution in [0.1, 0.15) is 18.4 Å². The molecule has 3 heteroatoms. The number of piperidine rings is 1. The first-order valence-corrected chi connectivity index (χ1v) is 6.23. The Bertz CT molecular complexity index is 417. The van der Waals surface area contributed by atoms with Crippen LogP contribution in [0.25, 0.3) is 0 Å². The number of carbonyl (C=O) groups excluding carboxylic acids is 1. The summed E-state index contributed by atoms with van der Waals surface area (Å²) in [6, 6.07) is 9.85. The molecule has 2 fully saturated rings. The fraction of sp³-hybridized carbons (Fsp3) is 0.500. The second-order valence-corrected chi connectivity index (χ2v) is 5.08. The summed E-state index contributed by atoms with van der Waals surface area (Å²) in [4.78, 5) is 12.1. The molecule has 1 saturated heterocycles. The normalized spacial score (nSPS) is 30.5. The van der Waals surface area contributed by atoms with E-state index in [1.165, 1.54) is 0 Å². The molecule has 1 aromatic carbocycles. The highest BCUT2D eigenvalue weighted by Crippen LogP contribution is 2.56. The van der Waals surface area contributed by atoms with Gasteiger partial charge in [-0.05, 0) is 30.9 Å². The molecule has 1 heterocycles. The number of nitrogens with one attached hydrogen (secondary N) is 1. The predicted octanol–water partition coefficient (Wildman–Crippen LogP) is 1.73. The van der Waals surface area contributed by atoms with Gasteiger partial charge in [-0.15, -0.1) is 0 Å². The van der Waals surface area contributed by atoms with Gasteiger partial charge >= 0.3 is 5.97 Å². The van der Waals surface area contributed by atoms with Crippen molar-refractivity contribution in [1.82, 2.24) is 5.32 Å². The zero-order valence-electron chi connectivity index (χ0n) is 9.82. The van der Waals surface area contributed by atoms with Crippen molar-refractivity contribution in [3.05, 3.63) is 35.9 Å². The highest BCUT2D eigenvalue weighted by atomic mass is 16.5. The number of esters is 1. The Balaban J connectivity index is 1.58. The standard InChI is InChI=1S/C14H17NO2/c16-13(14-8-12(14)6-7-15-10-14)17-9-11-4-2-1-3-5-11/h1-5,12,15H,6-10H2/t12-,14+/m1/s1. The van der Waals surface area contributed by atoms with Crippen LogP contribution in [-0.2, 0) is 16.1 Å². The van der Waals surface area contributed by atoms with Crippen LogP contribution in [0.3, 0.4) is 0 Å².